The Kier molecular flexibility index (Phi) is 3.81. The van der Waals surface area contributed by atoms with Gasteiger partial charge in [-0.25, -0.2) is 4.98 Å². The van der Waals surface area contributed by atoms with E-state index in [4.69, 9.17) is 0 Å². The molecule has 0 saturated heterocycles. The Morgan fingerprint density at radius 2 is 2.17 bits per heavy atom. The maximum absolute atomic E-state index is 12.7. The summed E-state index contributed by atoms with van der Waals surface area (Å²) in [6.07, 6.45) is 4.55. The van der Waals surface area contributed by atoms with Gasteiger partial charge in [0.05, 0.1) is 11.7 Å². The summed E-state index contributed by atoms with van der Waals surface area (Å²) in [5.41, 5.74) is 7.72. The van der Waals surface area contributed by atoms with Crippen molar-refractivity contribution in [2.45, 2.75) is 39.0 Å². The molecule has 1 unspecified atom stereocenters. The molecule has 0 N–H and O–H groups in total. The van der Waals surface area contributed by atoms with Crippen molar-refractivity contribution < 1.29 is 0 Å². The van der Waals surface area contributed by atoms with E-state index in [1.165, 1.54) is 32.7 Å². The minimum Gasteiger partial charge on any atom is -0.267 e. The summed E-state index contributed by atoms with van der Waals surface area (Å²) in [7, 11) is 0. The van der Waals surface area contributed by atoms with Crippen LogP contribution >= 0.6 is 11.3 Å². The zero-order valence-electron chi connectivity index (χ0n) is 13.8. The second-order valence-corrected chi connectivity index (χ2v) is 7.23. The SMILES string of the molecule is Cc1ccc(C2CCc3c(cnn(-c4cscn4)c3=O)C2)c(C)c1. The van der Waals surface area contributed by atoms with Crippen LogP contribution in [0.2, 0.25) is 0 Å². The molecule has 122 valence electrons. The Bertz CT molecular complexity index is 944. The zero-order valence-corrected chi connectivity index (χ0v) is 14.6. The van der Waals surface area contributed by atoms with Crippen molar-refractivity contribution in [3.63, 3.8) is 0 Å². The highest BCUT2D eigenvalue weighted by atomic mass is 32.1. The summed E-state index contributed by atoms with van der Waals surface area (Å²) in [6, 6.07) is 6.66. The molecule has 0 radical (unpaired) electrons. The van der Waals surface area contributed by atoms with Gasteiger partial charge in [-0.05, 0) is 55.7 Å². The largest absolute Gasteiger partial charge is 0.276 e. The zero-order chi connectivity index (χ0) is 16.7. The van der Waals surface area contributed by atoms with Crippen LogP contribution in [0.4, 0.5) is 0 Å². The van der Waals surface area contributed by atoms with Gasteiger partial charge in [0, 0.05) is 10.9 Å². The first-order chi connectivity index (χ1) is 11.6. The standard InChI is InChI=1S/C19H19N3OS/c1-12-3-5-16(13(2)7-12)14-4-6-17-15(8-14)9-21-22(19(17)23)18-10-24-11-20-18/h3,5,7,9-11,14H,4,6,8H2,1-2H3. The van der Waals surface area contributed by atoms with Gasteiger partial charge in [0.2, 0.25) is 0 Å². The summed E-state index contributed by atoms with van der Waals surface area (Å²) in [5, 5.41) is 6.20. The van der Waals surface area contributed by atoms with E-state index in [0.717, 1.165) is 30.4 Å². The van der Waals surface area contributed by atoms with Crippen molar-refractivity contribution in [2.75, 3.05) is 0 Å². The van der Waals surface area contributed by atoms with Gasteiger partial charge in [0.1, 0.15) is 0 Å². The van der Waals surface area contributed by atoms with Crippen LogP contribution in [-0.2, 0) is 12.8 Å². The van der Waals surface area contributed by atoms with Gasteiger partial charge in [-0.1, -0.05) is 23.8 Å². The third-order valence-corrected chi connectivity index (χ3v) is 5.45. The fourth-order valence-electron chi connectivity index (χ4n) is 3.68. The lowest BCUT2D eigenvalue weighted by Crippen LogP contribution is -2.29. The van der Waals surface area contributed by atoms with Gasteiger partial charge in [0.15, 0.2) is 5.82 Å². The number of aryl methyl sites for hydroxylation is 2. The fraction of sp³-hybridized carbons (Fsp3) is 0.316. The van der Waals surface area contributed by atoms with Crippen LogP contribution in [0.1, 0.15) is 40.2 Å². The van der Waals surface area contributed by atoms with Gasteiger partial charge in [0.25, 0.3) is 5.56 Å². The topological polar surface area (TPSA) is 47.8 Å². The maximum atomic E-state index is 12.7. The van der Waals surface area contributed by atoms with E-state index < -0.39 is 0 Å². The minimum absolute atomic E-state index is 0.0162. The molecule has 24 heavy (non-hydrogen) atoms. The van der Waals surface area contributed by atoms with Crippen molar-refractivity contribution in [3.05, 3.63) is 73.5 Å². The summed E-state index contributed by atoms with van der Waals surface area (Å²) >= 11 is 1.47. The van der Waals surface area contributed by atoms with Crippen molar-refractivity contribution in [1.29, 1.82) is 0 Å². The van der Waals surface area contributed by atoms with Gasteiger partial charge in [-0.3, -0.25) is 4.79 Å². The summed E-state index contributed by atoms with van der Waals surface area (Å²) in [4.78, 5) is 16.9. The number of aromatic nitrogens is 3. The van der Waals surface area contributed by atoms with E-state index in [9.17, 15) is 4.79 Å². The van der Waals surface area contributed by atoms with Crippen LogP contribution in [0, 0.1) is 13.8 Å². The number of hydrogen-bond donors (Lipinski definition) is 0. The first kappa shape index (κ1) is 15.3. The summed E-state index contributed by atoms with van der Waals surface area (Å²) in [5.74, 6) is 1.08. The molecule has 0 amide bonds. The van der Waals surface area contributed by atoms with Gasteiger partial charge in [-0.15, -0.1) is 11.3 Å². The highest BCUT2D eigenvalue weighted by molar-refractivity contribution is 7.07. The number of thiazole rings is 1. The number of fused-ring (bicyclic) bond motifs is 1. The van der Waals surface area contributed by atoms with Gasteiger partial charge >= 0.3 is 0 Å². The molecular formula is C19H19N3OS. The smallest absolute Gasteiger partial charge is 0.267 e. The minimum atomic E-state index is -0.0162. The summed E-state index contributed by atoms with van der Waals surface area (Å²) < 4.78 is 1.42. The monoisotopic (exact) mass is 337 g/mol. The highest BCUT2D eigenvalue weighted by Crippen LogP contribution is 2.33. The van der Waals surface area contributed by atoms with Gasteiger partial charge < -0.3 is 0 Å². The lowest BCUT2D eigenvalue weighted by Gasteiger charge is -2.26. The van der Waals surface area contributed by atoms with Crippen molar-refractivity contribution >= 4 is 11.3 Å². The van der Waals surface area contributed by atoms with Crippen molar-refractivity contribution in [3.8, 4) is 5.82 Å². The van der Waals surface area contributed by atoms with E-state index in [1.54, 1.807) is 5.51 Å². The number of rotatable bonds is 2. The van der Waals surface area contributed by atoms with Crippen molar-refractivity contribution in [2.24, 2.45) is 0 Å². The number of nitrogens with zero attached hydrogens (tertiary/aromatic N) is 3. The summed E-state index contributed by atoms with van der Waals surface area (Å²) in [6.45, 7) is 4.30. The first-order valence-corrected chi connectivity index (χ1v) is 9.13. The van der Waals surface area contributed by atoms with E-state index in [1.807, 2.05) is 11.6 Å². The molecule has 1 aromatic carbocycles. The highest BCUT2D eigenvalue weighted by Gasteiger charge is 2.24. The van der Waals surface area contributed by atoms with E-state index >= 15 is 0 Å². The van der Waals surface area contributed by atoms with Crippen LogP contribution in [0.3, 0.4) is 0 Å². The molecule has 0 fully saturated rings. The normalized spacial score (nSPS) is 16.8. The molecule has 4 rings (SSSR count). The molecule has 2 aromatic heterocycles. The van der Waals surface area contributed by atoms with Crippen LogP contribution in [0.25, 0.3) is 5.82 Å². The molecule has 0 aliphatic heterocycles. The molecule has 2 heterocycles. The third-order valence-electron chi connectivity index (χ3n) is 4.88. The number of hydrogen-bond acceptors (Lipinski definition) is 4. The Balaban J connectivity index is 1.69. The van der Waals surface area contributed by atoms with Crippen LogP contribution in [0.5, 0.6) is 0 Å². The average molecular weight is 337 g/mol. The molecule has 4 nitrogen and oxygen atoms in total. The maximum Gasteiger partial charge on any atom is 0.276 e. The molecular weight excluding hydrogens is 318 g/mol. The third kappa shape index (κ3) is 2.59. The molecule has 1 atom stereocenters. The molecule has 3 aromatic rings. The lowest BCUT2D eigenvalue weighted by molar-refractivity contribution is 0.565. The average Bonchev–Trinajstić information content (AvgIpc) is 3.09. The quantitative estimate of drug-likeness (QED) is 0.718. The molecule has 0 bridgehead atoms. The second-order valence-electron chi connectivity index (χ2n) is 6.51. The number of benzene rings is 1. The molecule has 1 aliphatic carbocycles. The predicted molar refractivity (Wildman–Crippen MR) is 96.2 cm³/mol. The Labute approximate surface area is 144 Å². The van der Waals surface area contributed by atoms with Crippen molar-refractivity contribution in [1.82, 2.24) is 14.8 Å². The second kappa shape index (κ2) is 5.98. The lowest BCUT2D eigenvalue weighted by atomic mass is 9.79. The predicted octanol–water partition coefficient (Wildman–Crippen LogP) is 3.58. The van der Waals surface area contributed by atoms with E-state index in [2.05, 4.69) is 42.1 Å². The van der Waals surface area contributed by atoms with E-state index in [0.29, 0.717) is 11.7 Å². The van der Waals surface area contributed by atoms with Crippen LogP contribution < -0.4 is 5.56 Å². The molecule has 1 aliphatic rings. The van der Waals surface area contributed by atoms with E-state index in [-0.39, 0.29) is 5.56 Å². The van der Waals surface area contributed by atoms with Crippen LogP contribution in [-0.4, -0.2) is 14.8 Å². The Hall–Kier alpha value is -2.27. The fourth-order valence-corrected chi connectivity index (χ4v) is 4.19. The Morgan fingerprint density at radius 1 is 1.29 bits per heavy atom. The first-order valence-electron chi connectivity index (χ1n) is 8.19. The molecule has 0 spiro atoms. The Morgan fingerprint density at radius 3 is 2.92 bits per heavy atom. The molecule has 5 heteroatoms. The molecule has 0 saturated carbocycles. The van der Waals surface area contributed by atoms with Gasteiger partial charge in [-0.2, -0.15) is 9.78 Å². The van der Waals surface area contributed by atoms with Crippen LogP contribution in [0.15, 0.2) is 40.1 Å².